The lowest BCUT2D eigenvalue weighted by atomic mass is 10.1. The second kappa shape index (κ2) is 12.8. The number of carbonyl (C=O) groups excluding carboxylic acids is 2. The Balaban J connectivity index is 1.49. The maximum Gasteiger partial charge on any atom is 0.253 e. The minimum atomic E-state index is -0.267. The minimum absolute atomic E-state index is 0.0503. The lowest BCUT2D eigenvalue weighted by Crippen LogP contribution is -2.47. The smallest absolute Gasteiger partial charge is 0.253 e. The SMILES string of the molecule is COCC(=O)Nc1ccc(N2CCN(c3ccccc3OC)CC2)c(C(=O)NCCc2ccccc2)c1. The van der Waals surface area contributed by atoms with E-state index in [9.17, 15) is 9.59 Å². The first-order valence-corrected chi connectivity index (χ1v) is 12.5. The fourth-order valence-electron chi connectivity index (χ4n) is 4.54. The number of rotatable bonds is 10. The van der Waals surface area contributed by atoms with Crippen molar-refractivity contribution in [1.29, 1.82) is 0 Å². The van der Waals surface area contributed by atoms with Crippen LogP contribution in [0.3, 0.4) is 0 Å². The molecule has 1 aliphatic rings. The van der Waals surface area contributed by atoms with Crippen LogP contribution in [0.4, 0.5) is 17.1 Å². The highest BCUT2D eigenvalue weighted by atomic mass is 16.5. The number of para-hydroxylation sites is 2. The van der Waals surface area contributed by atoms with Crippen LogP contribution >= 0.6 is 0 Å². The molecule has 1 aliphatic heterocycles. The number of anilines is 3. The van der Waals surface area contributed by atoms with E-state index in [1.54, 1.807) is 13.2 Å². The van der Waals surface area contributed by atoms with Crippen LogP contribution < -0.4 is 25.2 Å². The second-order valence-electron chi connectivity index (χ2n) is 8.85. The molecule has 1 saturated heterocycles. The Kier molecular flexibility index (Phi) is 8.99. The molecule has 2 amide bonds. The Bertz CT molecular complexity index is 1190. The molecule has 2 N–H and O–H groups in total. The van der Waals surface area contributed by atoms with Crippen molar-refractivity contribution in [3.63, 3.8) is 0 Å². The monoisotopic (exact) mass is 502 g/mol. The van der Waals surface area contributed by atoms with Gasteiger partial charge >= 0.3 is 0 Å². The van der Waals surface area contributed by atoms with Crippen molar-refractivity contribution in [2.45, 2.75) is 6.42 Å². The van der Waals surface area contributed by atoms with Crippen molar-refractivity contribution in [3.8, 4) is 5.75 Å². The normalized spacial score (nSPS) is 13.2. The van der Waals surface area contributed by atoms with Gasteiger partial charge in [0.2, 0.25) is 5.91 Å². The first-order valence-electron chi connectivity index (χ1n) is 12.5. The van der Waals surface area contributed by atoms with Crippen LogP contribution in [0.15, 0.2) is 72.8 Å². The zero-order chi connectivity index (χ0) is 26.0. The van der Waals surface area contributed by atoms with Crippen molar-refractivity contribution < 1.29 is 19.1 Å². The molecule has 8 nitrogen and oxygen atoms in total. The minimum Gasteiger partial charge on any atom is -0.495 e. The van der Waals surface area contributed by atoms with Gasteiger partial charge < -0.3 is 29.9 Å². The van der Waals surface area contributed by atoms with Gasteiger partial charge in [0.15, 0.2) is 0 Å². The van der Waals surface area contributed by atoms with E-state index in [1.165, 1.54) is 7.11 Å². The van der Waals surface area contributed by atoms with E-state index in [-0.39, 0.29) is 18.4 Å². The molecule has 1 fully saturated rings. The third kappa shape index (κ3) is 6.80. The van der Waals surface area contributed by atoms with Gasteiger partial charge in [0.25, 0.3) is 5.91 Å². The van der Waals surface area contributed by atoms with E-state index < -0.39 is 0 Å². The molecule has 0 atom stereocenters. The summed E-state index contributed by atoms with van der Waals surface area (Å²) in [6.45, 7) is 3.55. The van der Waals surface area contributed by atoms with Crippen molar-refractivity contribution in [2.75, 3.05) is 68.7 Å². The standard InChI is InChI=1S/C29H34N4O4/c1-36-21-28(34)31-23-12-13-25(24(20-23)29(35)30-15-14-22-8-4-3-5-9-22)32-16-18-33(19-17-32)26-10-6-7-11-27(26)37-2/h3-13,20H,14-19,21H2,1-2H3,(H,30,35)(H,31,34). The van der Waals surface area contributed by atoms with Gasteiger partial charge in [-0.3, -0.25) is 9.59 Å². The summed E-state index contributed by atoms with van der Waals surface area (Å²) >= 11 is 0. The molecule has 0 spiro atoms. The third-order valence-electron chi connectivity index (χ3n) is 6.39. The molecule has 1 heterocycles. The van der Waals surface area contributed by atoms with Crippen molar-refractivity contribution in [1.82, 2.24) is 5.32 Å². The number of hydrogen-bond acceptors (Lipinski definition) is 6. The average molecular weight is 503 g/mol. The van der Waals surface area contributed by atoms with Crippen LogP contribution in [0.2, 0.25) is 0 Å². The van der Waals surface area contributed by atoms with E-state index in [4.69, 9.17) is 9.47 Å². The highest BCUT2D eigenvalue weighted by molar-refractivity contribution is 6.02. The predicted octanol–water partition coefficient (Wildman–Crippen LogP) is 3.58. The van der Waals surface area contributed by atoms with E-state index in [2.05, 4.69) is 26.5 Å². The molecule has 0 aromatic heterocycles. The fourth-order valence-corrected chi connectivity index (χ4v) is 4.54. The summed E-state index contributed by atoms with van der Waals surface area (Å²) in [7, 11) is 3.16. The van der Waals surface area contributed by atoms with Gasteiger partial charge in [-0.15, -0.1) is 0 Å². The molecule has 3 aromatic rings. The van der Waals surface area contributed by atoms with Gasteiger partial charge in [-0.05, 0) is 42.3 Å². The molecule has 194 valence electrons. The lowest BCUT2D eigenvalue weighted by Gasteiger charge is -2.38. The fraction of sp³-hybridized carbons (Fsp3) is 0.310. The van der Waals surface area contributed by atoms with E-state index in [0.29, 0.717) is 17.8 Å². The first-order chi connectivity index (χ1) is 18.1. The summed E-state index contributed by atoms with van der Waals surface area (Å²) in [6, 6.07) is 23.6. The summed E-state index contributed by atoms with van der Waals surface area (Å²) < 4.78 is 10.5. The van der Waals surface area contributed by atoms with Crippen molar-refractivity contribution in [3.05, 3.63) is 83.9 Å². The van der Waals surface area contributed by atoms with Crippen LogP contribution in [0.25, 0.3) is 0 Å². The van der Waals surface area contributed by atoms with E-state index in [0.717, 1.165) is 55.3 Å². The number of amides is 2. The third-order valence-corrected chi connectivity index (χ3v) is 6.39. The molecule has 4 rings (SSSR count). The quantitative estimate of drug-likeness (QED) is 0.441. The topological polar surface area (TPSA) is 83.1 Å². The van der Waals surface area contributed by atoms with Gasteiger partial charge in [-0.25, -0.2) is 0 Å². The molecule has 0 radical (unpaired) electrons. The highest BCUT2D eigenvalue weighted by Crippen LogP contribution is 2.31. The van der Waals surface area contributed by atoms with Crippen LogP contribution in [-0.2, 0) is 16.0 Å². The number of nitrogens with one attached hydrogen (secondary N) is 2. The highest BCUT2D eigenvalue weighted by Gasteiger charge is 2.23. The van der Waals surface area contributed by atoms with Gasteiger partial charge in [0.1, 0.15) is 12.4 Å². The number of carbonyl (C=O) groups is 2. The predicted molar refractivity (Wildman–Crippen MR) is 147 cm³/mol. The van der Waals surface area contributed by atoms with Gasteiger partial charge in [-0.2, -0.15) is 0 Å². The molecule has 37 heavy (non-hydrogen) atoms. The molecule has 0 unspecified atom stereocenters. The largest absolute Gasteiger partial charge is 0.495 e. The number of benzene rings is 3. The number of hydrogen-bond donors (Lipinski definition) is 2. The Labute approximate surface area is 218 Å². The number of ether oxygens (including phenoxy) is 2. The second-order valence-corrected chi connectivity index (χ2v) is 8.85. The number of methoxy groups -OCH3 is 2. The Hall–Kier alpha value is -4.04. The molecule has 0 saturated carbocycles. The maximum absolute atomic E-state index is 13.3. The summed E-state index contributed by atoms with van der Waals surface area (Å²) in [5.41, 5.74) is 4.18. The van der Waals surface area contributed by atoms with Gasteiger partial charge in [-0.1, -0.05) is 42.5 Å². The van der Waals surface area contributed by atoms with Gasteiger partial charge in [0.05, 0.1) is 18.4 Å². The lowest BCUT2D eigenvalue weighted by molar-refractivity contribution is -0.119. The molecule has 0 bridgehead atoms. The first kappa shape index (κ1) is 26.0. The molecular weight excluding hydrogens is 468 g/mol. The zero-order valence-electron chi connectivity index (χ0n) is 21.4. The van der Waals surface area contributed by atoms with Crippen LogP contribution in [0.5, 0.6) is 5.75 Å². The molecular formula is C29H34N4O4. The molecule has 0 aliphatic carbocycles. The molecule has 3 aromatic carbocycles. The van der Waals surface area contributed by atoms with Gasteiger partial charge in [0, 0.05) is 51.2 Å². The zero-order valence-corrected chi connectivity index (χ0v) is 21.4. The van der Waals surface area contributed by atoms with Crippen LogP contribution in [0, 0.1) is 0 Å². The van der Waals surface area contributed by atoms with E-state index >= 15 is 0 Å². The number of nitrogens with zero attached hydrogens (tertiary/aromatic N) is 2. The summed E-state index contributed by atoms with van der Waals surface area (Å²) in [5, 5.41) is 5.86. The van der Waals surface area contributed by atoms with Crippen LogP contribution in [-0.4, -0.2) is 65.4 Å². The summed E-state index contributed by atoms with van der Waals surface area (Å²) in [4.78, 5) is 29.9. The maximum atomic E-state index is 13.3. The van der Waals surface area contributed by atoms with Crippen molar-refractivity contribution >= 4 is 28.9 Å². The summed E-state index contributed by atoms with van der Waals surface area (Å²) in [5.74, 6) is 0.419. The molecule has 8 heteroatoms. The van der Waals surface area contributed by atoms with Crippen LogP contribution in [0.1, 0.15) is 15.9 Å². The Morgan fingerprint density at radius 2 is 1.51 bits per heavy atom. The Morgan fingerprint density at radius 3 is 2.22 bits per heavy atom. The summed E-state index contributed by atoms with van der Waals surface area (Å²) in [6.07, 6.45) is 0.740. The number of piperazine rings is 1. The average Bonchev–Trinajstić information content (AvgIpc) is 2.94. The van der Waals surface area contributed by atoms with Crippen molar-refractivity contribution in [2.24, 2.45) is 0 Å². The Morgan fingerprint density at radius 1 is 0.838 bits per heavy atom. The van der Waals surface area contributed by atoms with E-state index in [1.807, 2.05) is 60.7 Å².